The average Bonchev–Trinajstić information content (AvgIpc) is 2.93. The Balaban J connectivity index is 1.50. The van der Waals surface area contributed by atoms with Gasteiger partial charge in [-0.3, -0.25) is 0 Å². The molecular formula is C13H19N5. The highest BCUT2D eigenvalue weighted by atomic mass is 15.3. The van der Waals surface area contributed by atoms with Gasteiger partial charge in [-0.2, -0.15) is 4.98 Å². The largest absolute Gasteiger partial charge is 0.355 e. The van der Waals surface area contributed by atoms with Crippen molar-refractivity contribution < 1.29 is 0 Å². The Morgan fingerprint density at radius 1 is 1.28 bits per heavy atom. The second kappa shape index (κ2) is 4.09. The van der Waals surface area contributed by atoms with E-state index >= 15 is 0 Å². The maximum atomic E-state index is 4.64. The standard InChI is InChI=1S/C13H19N5/c1-2-10(1)16-13-15-6-4-12(17-13)18-7-9-3-5-14-11(9)8-18/h4,6,9-11,14H,1-3,5,7-8H2,(H,15,16,17)/t9-,11+/m1/s1. The minimum atomic E-state index is 0.611. The van der Waals surface area contributed by atoms with Gasteiger partial charge in [0, 0.05) is 31.4 Å². The first kappa shape index (κ1) is 10.6. The molecule has 0 aromatic carbocycles. The van der Waals surface area contributed by atoms with Crippen LogP contribution in [0.1, 0.15) is 19.3 Å². The predicted octanol–water partition coefficient (Wildman–Crippen LogP) is 0.849. The fourth-order valence-corrected chi connectivity index (χ4v) is 3.04. The minimum absolute atomic E-state index is 0.611. The van der Waals surface area contributed by atoms with E-state index in [1.54, 1.807) is 0 Å². The van der Waals surface area contributed by atoms with Gasteiger partial charge in [-0.25, -0.2) is 4.98 Å². The highest BCUT2D eigenvalue weighted by Crippen LogP contribution is 2.29. The normalized spacial score (nSPS) is 30.6. The molecule has 5 nitrogen and oxygen atoms in total. The van der Waals surface area contributed by atoms with E-state index in [1.807, 2.05) is 12.3 Å². The van der Waals surface area contributed by atoms with E-state index in [0.29, 0.717) is 12.1 Å². The van der Waals surface area contributed by atoms with Gasteiger partial charge >= 0.3 is 0 Å². The molecule has 0 amide bonds. The molecule has 0 spiro atoms. The van der Waals surface area contributed by atoms with Gasteiger partial charge in [0.2, 0.25) is 5.95 Å². The van der Waals surface area contributed by atoms with Gasteiger partial charge in [0.25, 0.3) is 0 Å². The van der Waals surface area contributed by atoms with Gasteiger partial charge in [0.15, 0.2) is 0 Å². The highest BCUT2D eigenvalue weighted by Gasteiger charge is 2.36. The summed E-state index contributed by atoms with van der Waals surface area (Å²) in [7, 11) is 0. The number of nitrogens with one attached hydrogen (secondary N) is 2. The zero-order valence-electron chi connectivity index (χ0n) is 10.5. The molecule has 2 aliphatic heterocycles. The molecule has 0 bridgehead atoms. The van der Waals surface area contributed by atoms with Crippen LogP contribution in [0.25, 0.3) is 0 Å². The molecule has 2 N–H and O–H groups in total. The molecule has 4 rings (SSSR count). The molecule has 3 aliphatic rings. The van der Waals surface area contributed by atoms with Crippen LogP contribution >= 0.6 is 0 Å². The van der Waals surface area contributed by atoms with Crippen molar-refractivity contribution >= 4 is 11.8 Å². The topological polar surface area (TPSA) is 53.1 Å². The summed E-state index contributed by atoms with van der Waals surface area (Å²) in [6, 6.07) is 3.30. The van der Waals surface area contributed by atoms with Crippen LogP contribution in [0.2, 0.25) is 0 Å². The number of hydrogen-bond donors (Lipinski definition) is 2. The molecular weight excluding hydrogens is 226 g/mol. The van der Waals surface area contributed by atoms with E-state index < -0.39 is 0 Å². The zero-order valence-corrected chi connectivity index (χ0v) is 10.5. The van der Waals surface area contributed by atoms with Crippen LogP contribution in [0.4, 0.5) is 11.8 Å². The SMILES string of the molecule is c1cc(N2C[C@H]3CCN[C@H]3C2)nc(NC2CC2)n1. The van der Waals surface area contributed by atoms with Crippen LogP contribution in [0.5, 0.6) is 0 Å². The first-order chi connectivity index (χ1) is 8.88. The summed E-state index contributed by atoms with van der Waals surface area (Å²) in [5.74, 6) is 2.67. The molecule has 1 aromatic heterocycles. The van der Waals surface area contributed by atoms with E-state index in [-0.39, 0.29) is 0 Å². The summed E-state index contributed by atoms with van der Waals surface area (Å²) < 4.78 is 0. The van der Waals surface area contributed by atoms with Gasteiger partial charge in [-0.1, -0.05) is 0 Å². The van der Waals surface area contributed by atoms with Gasteiger partial charge in [0.1, 0.15) is 5.82 Å². The van der Waals surface area contributed by atoms with Gasteiger partial charge in [0.05, 0.1) is 0 Å². The molecule has 5 heteroatoms. The lowest BCUT2D eigenvalue weighted by Gasteiger charge is -2.18. The summed E-state index contributed by atoms with van der Waals surface area (Å²) in [6.07, 6.45) is 5.69. The minimum Gasteiger partial charge on any atom is -0.355 e. The van der Waals surface area contributed by atoms with Crippen molar-refractivity contribution in [2.24, 2.45) is 5.92 Å². The first-order valence-corrected chi connectivity index (χ1v) is 6.96. The molecule has 0 unspecified atom stereocenters. The lowest BCUT2D eigenvalue weighted by Crippen LogP contribution is -2.30. The van der Waals surface area contributed by atoms with Crippen molar-refractivity contribution in [1.29, 1.82) is 0 Å². The Hall–Kier alpha value is -1.36. The van der Waals surface area contributed by atoms with Gasteiger partial charge < -0.3 is 15.5 Å². The summed E-state index contributed by atoms with van der Waals surface area (Å²) >= 11 is 0. The maximum absolute atomic E-state index is 4.64. The predicted molar refractivity (Wildman–Crippen MR) is 70.8 cm³/mol. The first-order valence-electron chi connectivity index (χ1n) is 6.96. The quantitative estimate of drug-likeness (QED) is 0.827. The molecule has 2 saturated heterocycles. The Morgan fingerprint density at radius 3 is 3.06 bits per heavy atom. The Morgan fingerprint density at radius 2 is 2.22 bits per heavy atom. The summed E-state index contributed by atoms with van der Waals surface area (Å²) in [5, 5.41) is 6.94. The number of aromatic nitrogens is 2. The third kappa shape index (κ3) is 1.92. The monoisotopic (exact) mass is 245 g/mol. The molecule has 0 radical (unpaired) electrons. The fraction of sp³-hybridized carbons (Fsp3) is 0.692. The smallest absolute Gasteiger partial charge is 0.224 e. The summed E-state index contributed by atoms with van der Waals surface area (Å²) in [4.78, 5) is 11.3. The average molecular weight is 245 g/mol. The zero-order chi connectivity index (χ0) is 11.9. The molecule has 96 valence electrons. The number of fused-ring (bicyclic) bond motifs is 1. The van der Waals surface area contributed by atoms with Crippen LogP contribution in [0, 0.1) is 5.92 Å². The van der Waals surface area contributed by atoms with Crippen LogP contribution in [-0.4, -0.2) is 41.7 Å². The van der Waals surface area contributed by atoms with Crippen LogP contribution < -0.4 is 15.5 Å². The second-order valence-corrected chi connectivity index (χ2v) is 5.67. The van der Waals surface area contributed by atoms with Crippen molar-refractivity contribution in [1.82, 2.24) is 15.3 Å². The molecule has 1 aliphatic carbocycles. The molecule has 3 fully saturated rings. The molecule has 1 saturated carbocycles. The van der Waals surface area contributed by atoms with Crippen molar-refractivity contribution in [3.8, 4) is 0 Å². The summed E-state index contributed by atoms with van der Waals surface area (Å²) in [5.41, 5.74) is 0. The lowest BCUT2D eigenvalue weighted by atomic mass is 10.1. The van der Waals surface area contributed by atoms with Crippen LogP contribution in [0.15, 0.2) is 12.3 Å². The Bertz CT molecular complexity index is 433. The van der Waals surface area contributed by atoms with E-state index in [0.717, 1.165) is 30.8 Å². The molecule has 3 heterocycles. The van der Waals surface area contributed by atoms with E-state index in [1.165, 1.54) is 25.8 Å². The van der Waals surface area contributed by atoms with Gasteiger partial charge in [-0.05, 0) is 37.8 Å². The Kier molecular flexibility index (Phi) is 2.40. The number of hydrogen-bond acceptors (Lipinski definition) is 5. The van der Waals surface area contributed by atoms with Crippen molar-refractivity contribution in [2.75, 3.05) is 29.9 Å². The van der Waals surface area contributed by atoms with Crippen molar-refractivity contribution in [3.63, 3.8) is 0 Å². The summed E-state index contributed by atoms with van der Waals surface area (Å²) in [6.45, 7) is 3.41. The fourth-order valence-electron chi connectivity index (χ4n) is 3.04. The molecule has 18 heavy (non-hydrogen) atoms. The number of anilines is 2. The second-order valence-electron chi connectivity index (χ2n) is 5.67. The lowest BCUT2D eigenvalue weighted by molar-refractivity contribution is 0.556. The number of nitrogens with zero attached hydrogens (tertiary/aromatic N) is 3. The third-order valence-corrected chi connectivity index (χ3v) is 4.24. The van der Waals surface area contributed by atoms with Crippen LogP contribution in [0.3, 0.4) is 0 Å². The van der Waals surface area contributed by atoms with Gasteiger partial charge in [-0.15, -0.1) is 0 Å². The molecule has 2 atom stereocenters. The van der Waals surface area contributed by atoms with Crippen molar-refractivity contribution in [3.05, 3.63) is 12.3 Å². The maximum Gasteiger partial charge on any atom is 0.224 e. The van der Waals surface area contributed by atoms with E-state index in [2.05, 4.69) is 25.5 Å². The third-order valence-electron chi connectivity index (χ3n) is 4.24. The van der Waals surface area contributed by atoms with E-state index in [4.69, 9.17) is 0 Å². The Labute approximate surface area is 107 Å². The highest BCUT2D eigenvalue weighted by molar-refractivity contribution is 5.45. The van der Waals surface area contributed by atoms with Crippen LogP contribution in [-0.2, 0) is 0 Å². The molecule has 1 aromatic rings. The van der Waals surface area contributed by atoms with E-state index in [9.17, 15) is 0 Å². The van der Waals surface area contributed by atoms with Crippen molar-refractivity contribution in [2.45, 2.75) is 31.3 Å². The number of rotatable bonds is 3.